The number of rotatable bonds is 5. The van der Waals surface area contributed by atoms with Crippen LogP contribution in [0.25, 0.3) is 11.7 Å². The van der Waals surface area contributed by atoms with Crippen LogP contribution in [0.15, 0.2) is 44.3 Å². The summed E-state index contributed by atoms with van der Waals surface area (Å²) in [6.07, 6.45) is 3.07. The number of nitrogens with one attached hydrogen (secondary N) is 1. The molecule has 0 unspecified atom stereocenters. The second-order valence-electron chi connectivity index (χ2n) is 5.96. The maximum Gasteiger partial charge on any atom is 0.295 e. The molecule has 10 heteroatoms. The van der Waals surface area contributed by atoms with Gasteiger partial charge in [-0.15, -0.1) is 10.2 Å². The summed E-state index contributed by atoms with van der Waals surface area (Å²) in [5.41, 5.74) is -0.259. The molecule has 0 atom stereocenters. The topological polar surface area (TPSA) is 98.2 Å². The molecule has 0 aliphatic heterocycles. The van der Waals surface area contributed by atoms with Crippen LogP contribution in [0.4, 0.5) is 14.5 Å². The maximum atomic E-state index is 13.2. The van der Waals surface area contributed by atoms with Gasteiger partial charge in [0.2, 0.25) is 11.0 Å². The van der Waals surface area contributed by atoms with E-state index in [-0.39, 0.29) is 23.3 Å². The number of benzene rings is 1. The second kappa shape index (κ2) is 6.20. The fourth-order valence-electron chi connectivity index (χ4n) is 2.55. The van der Waals surface area contributed by atoms with Crippen LogP contribution in [0.1, 0.15) is 31.1 Å². The van der Waals surface area contributed by atoms with Crippen LogP contribution in [-0.2, 0) is 10.0 Å². The van der Waals surface area contributed by atoms with Crippen molar-refractivity contribution in [2.75, 3.05) is 4.72 Å². The van der Waals surface area contributed by atoms with Crippen molar-refractivity contribution in [2.24, 2.45) is 0 Å². The third kappa shape index (κ3) is 3.19. The lowest BCUT2D eigenvalue weighted by atomic mass is 9.85. The minimum atomic E-state index is -4.18. The van der Waals surface area contributed by atoms with Crippen molar-refractivity contribution in [2.45, 2.75) is 30.3 Å². The van der Waals surface area contributed by atoms with Gasteiger partial charge in [0.05, 0.1) is 5.69 Å². The molecule has 0 spiro atoms. The quantitative estimate of drug-likeness (QED) is 0.724. The third-order valence-electron chi connectivity index (χ3n) is 4.07. The zero-order valence-corrected chi connectivity index (χ0v) is 14.1. The van der Waals surface area contributed by atoms with Gasteiger partial charge in [-0.2, -0.15) is 8.42 Å². The lowest BCUT2D eigenvalue weighted by Crippen LogP contribution is -2.12. The van der Waals surface area contributed by atoms with Crippen LogP contribution in [0, 0.1) is 11.6 Å². The number of furan rings is 1. The van der Waals surface area contributed by atoms with E-state index in [0.29, 0.717) is 12.0 Å². The Kier molecular flexibility index (Phi) is 3.98. The minimum absolute atomic E-state index is 0.0742. The molecule has 2 heterocycles. The molecular formula is C16H13F2N3O4S. The van der Waals surface area contributed by atoms with Gasteiger partial charge in [0.15, 0.2) is 5.76 Å². The molecule has 1 N–H and O–H groups in total. The molecule has 3 aromatic rings. The lowest BCUT2D eigenvalue weighted by molar-refractivity contribution is 0.334. The average Bonchev–Trinajstić information content (AvgIpc) is 3.12. The van der Waals surface area contributed by atoms with E-state index in [1.165, 1.54) is 12.1 Å². The summed E-state index contributed by atoms with van der Waals surface area (Å²) in [7, 11) is -4.18. The molecule has 1 aromatic carbocycles. The zero-order chi connectivity index (χ0) is 18.3. The predicted molar refractivity (Wildman–Crippen MR) is 85.8 cm³/mol. The maximum absolute atomic E-state index is 13.2. The highest BCUT2D eigenvalue weighted by Gasteiger charge is 2.27. The molecule has 0 saturated heterocycles. The number of hydrogen-bond donors (Lipinski definition) is 1. The summed E-state index contributed by atoms with van der Waals surface area (Å²) in [5, 5.41) is 7.37. The second-order valence-corrected chi connectivity index (χ2v) is 7.57. The summed E-state index contributed by atoms with van der Waals surface area (Å²) >= 11 is 0. The number of aromatic nitrogens is 2. The molecule has 26 heavy (non-hydrogen) atoms. The van der Waals surface area contributed by atoms with Crippen molar-refractivity contribution in [1.29, 1.82) is 0 Å². The van der Waals surface area contributed by atoms with E-state index in [1.54, 1.807) is 0 Å². The Labute approximate surface area is 147 Å². The van der Waals surface area contributed by atoms with E-state index in [4.69, 9.17) is 8.83 Å². The summed E-state index contributed by atoms with van der Waals surface area (Å²) in [6, 6.07) is 4.91. The van der Waals surface area contributed by atoms with Crippen LogP contribution < -0.4 is 4.72 Å². The summed E-state index contributed by atoms with van der Waals surface area (Å²) in [4.78, 5) is 0. The van der Waals surface area contributed by atoms with Crippen LogP contribution in [0.3, 0.4) is 0 Å². The molecule has 2 aromatic heterocycles. The predicted octanol–water partition coefficient (Wildman–Crippen LogP) is 3.68. The molecule has 136 valence electrons. The van der Waals surface area contributed by atoms with Crippen molar-refractivity contribution in [3.63, 3.8) is 0 Å². The molecule has 0 radical (unpaired) electrons. The Morgan fingerprint density at radius 2 is 1.77 bits per heavy atom. The van der Waals surface area contributed by atoms with Crippen LogP contribution in [0.5, 0.6) is 0 Å². The van der Waals surface area contributed by atoms with Crippen molar-refractivity contribution in [1.82, 2.24) is 10.2 Å². The zero-order valence-electron chi connectivity index (χ0n) is 13.3. The largest absolute Gasteiger partial charge is 0.438 e. The Balaban J connectivity index is 1.57. The van der Waals surface area contributed by atoms with Crippen molar-refractivity contribution < 1.29 is 26.0 Å². The highest BCUT2D eigenvalue weighted by molar-refractivity contribution is 7.92. The van der Waals surface area contributed by atoms with Gasteiger partial charge in [-0.3, -0.25) is 4.72 Å². The molecule has 1 aliphatic carbocycles. The molecule has 0 bridgehead atoms. The molecule has 1 saturated carbocycles. The lowest BCUT2D eigenvalue weighted by Gasteiger charge is -2.20. The van der Waals surface area contributed by atoms with Crippen LogP contribution >= 0.6 is 0 Å². The van der Waals surface area contributed by atoms with E-state index in [1.807, 2.05) is 0 Å². The Morgan fingerprint density at radius 1 is 1.04 bits per heavy atom. The Bertz CT molecular complexity index is 1040. The Morgan fingerprint density at radius 3 is 2.42 bits per heavy atom. The first-order valence-corrected chi connectivity index (χ1v) is 9.31. The van der Waals surface area contributed by atoms with Gasteiger partial charge in [0.25, 0.3) is 15.9 Å². The SMILES string of the molecule is O=S(=O)(Nc1cc(F)cc(F)c1)c1ccc(-c2nnc(C3CCC3)o2)o1. The van der Waals surface area contributed by atoms with Crippen molar-refractivity contribution in [3.8, 4) is 11.7 Å². The summed E-state index contributed by atoms with van der Waals surface area (Å²) < 4.78 is 63.9. The van der Waals surface area contributed by atoms with E-state index in [0.717, 1.165) is 31.4 Å². The molecule has 1 fully saturated rings. The van der Waals surface area contributed by atoms with Gasteiger partial charge in [0, 0.05) is 12.0 Å². The molecular weight excluding hydrogens is 368 g/mol. The number of nitrogens with zero attached hydrogens (tertiary/aromatic N) is 2. The number of anilines is 1. The molecule has 7 nitrogen and oxygen atoms in total. The van der Waals surface area contributed by atoms with E-state index in [9.17, 15) is 17.2 Å². The normalized spacial score (nSPS) is 15.0. The van der Waals surface area contributed by atoms with Gasteiger partial charge in [-0.05, 0) is 37.1 Å². The fraction of sp³-hybridized carbons (Fsp3) is 0.250. The highest BCUT2D eigenvalue weighted by Crippen LogP contribution is 2.36. The van der Waals surface area contributed by atoms with Crippen LogP contribution in [0.2, 0.25) is 0 Å². The van der Waals surface area contributed by atoms with Gasteiger partial charge in [-0.25, -0.2) is 8.78 Å². The van der Waals surface area contributed by atoms with E-state index < -0.39 is 26.8 Å². The van der Waals surface area contributed by atoms with E-state index >= 15 is 0 Å². The minimum Gasteiger partial charge on any atom is -0.438 e. The van der Waals surface area contributed by atoms with Crippen molar-refractivity contribution in [3.05, 3.63) is 47.9 Å². The fourth-order valence-corrected chi connectivity index (χ4v) is 3.53. The molecule has 1 aliphatic rings. The molecule has 0 amide bonds. The first kappa shape index (κ1) is 16.7. The third-order valence-corrected chi connectivity index (χ3v) is 5.32. The van der Waals surface area contributed by atoms with Gasteiger partial charge >= 0.3 is 0 Å². The van der Waals surface area contributed by atoms with Gasteiger partial charge < -0.3 is 8.83 Å². The first-order valence-electron chi connectivity index (χ1n) is 7.83. The monoisotopic (exact) mass is 381 g/mol. The number of hydrogen-bond acceptors (Lipinski definition) is 6. The van der Waals surface area contributed by atoms with Gasteiger partial charge in [-0.1, -0.05) is 6.42 Å². The summed E-state index contributed by atoms with van der Waals surface area (Å²) in [6.45, 7) is 0. The van der Waals surface area contributed by atoms with E-state index in [2.05, 4.69) is 14.9 Å². The smallest absolute Gasteiger partial charge is 0.295 e. The standard InChI is InChI=1S/C16H13F2N3O4S/c17-10-6-11(18)8-12(7-10)21-26(22,23)14-5-4-13(24-14)16-20-19-15(25-16)9-2-1-3-9/h4-9,21H,1-3H2. The number of sulfonamides is 1. The van der Waals surface area contributed by atoms with Gasteiger partial charge in [0.1, 0.15) is 11.6 Å². The number of halogens is 2. The average molecular weight is 381 g/mol. The first-order chi connectivity index (χ1) is 12.4. The van der Waals surface area contributed by atoms with Crippen molar-refractivity contribution >= 4 is 15.7 Å². The van der Waals surface area contributed by atoms with Crippen LogP contribution in [-0.4, -0.2) is 18.6 Å². The highest BCUT2D eigenvalue weighted by atomic mass is 32.2. The molecule has 4 rings (SSSR count). The summed E-state index contributed by atoms with van der Waals surface area (Å²) in [5.74, 6) is -0.909. The Hall–Kier alpha value is -2.75.